The molecule has 0 atom stereocenters. The van der Waals surface area contributed by atoms with Gasteiger partial charge < -0.3 is 0 Å². The molecule has 0 spiro atoms. The van der Waals surface area contributed by atoms with Gasteiger partial charge >= 0.3 is 0 Å². The van der Waals surface area contributed by atoms with Crippen LogP contribution in [0.5, 0.6) is 0 Å². The quantitative estimate of drug-likeness (QED) is 0.628. The maximum Gasteiger partial charge on any atom is 0.141 e. The van der Waals surface area contributed by atoms with Crippen molar-refractivity contribution < 1.29 is 0 Å². The van der Waals surface area contributed by atoms with Crippen LogP contribution in [-0.4, -0.2) is 4.98 Å². The molecule has 12 heavy (non-hydrogen) atoms. The first-order chi connectivity index (χ1) is 5.65. The first kappa shape index (κ1) is 8.48. The summed E-state index contributed by atoms with van der Waals surface area (Å²) < 4.78 is 0. The van der Waals surface area contributed by atoms with Gasteiger partial charge in [-0.1, -0.05) is 12.6 Å². The maximum atomic E-state index is 8.59. The van der Waals surface area contributed by atoms with Gasteiger partial charge in [-0.15, -0.1) is 0 Å². The zero-order valence-corrected chi connectivity index (χ0v) is 7.26. The van der Waals surface area contributed by atoms with E-state index in [1.807, 2.05) is 26.0 Å². The third kappa shape index (κ3) is 1.51. The van der Waals surface area contributed by atoms with Gasteiger partial charge in [0.15, 0.2) is 0 Å². The van der Waals surface area contributed by atoms with Crippen LogP contribution in [0.25, 0.3) is 5.57 Å². The molecular formula is C10H10N2. The van der Waals surface area contributed by atoms with Crippen molar-refractivity contribution in [3.8, 4) is 6.07 Å². The summed E-state index contributed by atoms with van der Waals surface area (Å²) in [6.07, 6.45) is 0. The number of hydrogen-bond acceptors (Lipinski definition) is 2. The van der Waals surface area contributed by atoms with Crippen LogP contribution in [0, 0.1) is 18.3 Å². The number of aromatic nitrogens is 1. The third-order valence-electron chi connectivity index (χ3n) is 1.62. The number of aryl methyl sites for hydroxylation is 1. The summed E-state index contributed by atoms with van der Waals surface area (Å²) in [6.45, 7) is 7.63. The summed E-state index contributed by atoms with van der Waals surface area (Å²) in [6, 6.07) is 5.59. The second kappa shape index (κ2) is 3.19. The zero-order chi connectivity index (χ0) is 9.14. The van der Waals surface area contributed by atoms with E-state index >= 15 is 0 Å². The van der Waals surface area contributed by atoms with Crippen LogP contribution in [0.2, 0.25) is 0 Å². The summed E-state index contributed by atoms with van der Waals surface area (Å²) >= 11 is 0. The van der Waals surface area contributed by atoms with Crippen LogP contribution in [0.1, 0.15) is 23.9 Å². The highest BCUT2D eigenvalue weighted by Gasteiger charge is 2.01. The Labute approximate surface area is 72.2 Å². The number of hydrogen-bond donors (Lipinski definition) is 0. The third-order valence-corrected chi connectivity index (χ3v) is 1.62. The van der Waals surface area contributed by atoms with E-state index in [1.54, 1.807) is 6.07 Å². The van der Waals surface area contributed by atoms with E-state index in [4.69, 9.17) is 5.26 Å². The molecule has 1 rings (SSSR count). The monoisotopic (exact) mass is 158 g/mol. The Kier molecular flexibility index (Phi) is 2.25. The SMILES string of the molecule is C=C(C)c1nc(C#N)ccc1C. The first-order valence-corrected chi connectivity index (χ1v) is 3.69. The van der Waals surface area contributed by atoms with Gasteiger partial charge in [-0.2, -0.15) is 5.26 Å². The average Bonchev–Trinajstić information content (AvgIpc) is 2.05. The van der Waals surface area contributed by atoms with Crippen molar-refractivity contribution in [3.63, 3.8) is 0 Å². The molecule has 0 fully saturated rings. The van der Waals surface area contributed by atoms with Crippen molar-refractivity contribution in [1.82, 2.24) is 4.98 Å². The maximum absolute atomic E-state index is 8.59. The molecule has 1 aromatic rings. The largest absolute Gasteiger partial charge is 0.237 e. The molecule has 1 heterocycles. The first-order valence-electron chi connectivity index (χ1n) is 3.69. The summed E-state index contributed by atoms with van der Waals surface area (Å²) in [5.74, 6) is 0. The number of pyridine rings is 1. The predicted octanol–water partition coefficient (Wildman–Crippen LogP) is 2.29. The number of allylic oxidation sites excluding steroid dienone is 1. The normalized spacial score (nSPS) is 9.08. The Morgan fingerprint density at radius 2 is 2.25 bits per heavy atom. The summed E-state index contributed by atoms with van der Waals surface area (Å²) in [5, 5.41) is 8.59. The van der Waals surface area contributed by atoms with Crippen molar-refractivity contribution in [1.29, 1.82) is 5.26 Å². The second-order valence-electron chi connectivity index (χ2n) is 2.75. The highest BCUT2D eigenvalue weighted by atomic mass is 14.7. The molecule has 0 radical (unpaired) electrons. The standard InChI is InChI=1S/C10H10N2/c1-7(2)10-8(3)4-5-9(6-11)12-10/h4-5H,1H2,2-3H3. The van der Waals surface area contributed by atoms with E-state index < -0.39 is 0 Å². The Hall–Kier alpha value is -1.62. The molecule has 0 amide bonds. The molecule has 0 aliphatic carbocycles. The van der Waals surface area contributed by atoms with Gasteiger partial charge in [-0.05, 0) is 31.1 Å². The van der Waals surface area contributed by atoms with Gasteiger partial charge in [-0.25, -0.2) is 4.98 Å². The molecule has 60 valence electrons. The van der Waals surface area contributed by atoms with E-state index in [-0.39, 0.29) is 0 Å². The molecule has 1 aromatic heterocycles. The van der Waals surface area contributed by atoms with Crippen molar-refractivity contribution >= 4 is 5.57 Å². The van der Waals surface area contributed by atoms with Crippen LogP contribution >= 0.6 is 0 Å². The molecule has 2 heteroatoms. The molecule has 0 N–H and O–H groups in total. The fraction of sp³-hybridized carbons (Fsp3) is 0.200. The molecule has 0 aliphatic heterocycles. The van der Waals surface area contributed by atoms with Gasteiger partial charge in [0.2, 0.25) is 0 Å². The molecule has 0 aliphatic rings. The summed E-state index contributed by atoms with van der Waals surface area (Å²) in [4.78, 5) is 4.13. The predicted molar refractivity (Wildman–Crippen MR) is 48.4 cm³/mol. The lowest BCUT2D eigenvalue weighted by atomic mass is 10.1. The van der Waals surface area contributed by atoms with Crippen molar-refractivity contribution in [3.05, 3.63) is 35.7 Å². The molecule has 0 saturated carbocycles. The van der Waals surface area contributed by atoms with Gasteiger partial charge in [-0.3, -0.25) is 0 Å². The summed E-state index contributed by atoms with van der Waals surface area (Å²) in [5.41, 5.74) is 3.22. The smallest absolute Gasteiger partial charge is 0.141 e. The van der Waals surface area contributed by atoms with Gasteiger partial charge in [0.25, 0.3) is 0 Å². The van der Waals surface area contributed by atoms with Crippen LogP contribution in [0.15, 0.2) is 18.7 Å². The van der Waals surface area contributed by atoms with Crippen molar-refractivity contribution in [2.75, 3.05) is 0 Å². The van der Waals surface area contributed by atoms with Crippen LogP contribution in [0.3, 0.4) is 0 Å². The Balaban J connectivity index is 3.28. The van der Waals surface area contributed by atoms with E-state index in [1.165, 1.54) is 0 Å². The van der Waals surface area contributed by atoms with Crippen LogP contribution < -0.4 is 0 Å². The van der Waals surface area contributed by atoms with Gasteiger partial charge in [0.1, 0.15) is 11.8 Å². The molecule has 0 unspecified atom stereocenters. The lowest BCUT2D eigenvalue weighted by molar-refractivity contribution is 1.18. The highest BCUT2D eigenvalue weighted by Crippen LogP contribution is 2.13. The number of rotatable bonds is 1. The van der Waals surface area contributed by atoms with Crippen molar-refractivity contribution in [2.24, 2.45) is 0 Å². The lowest BCUT2D eigenvalue weighted by Crippen LogP contribution is -1.92. The number of nitrogens with zero attached hydrogens (tertiary/aromatic N) is 2. The minimum Gasteiger partial charge on any atom is -0.237 e. The Morgan fingerprint density at radius 1 is 1.58 bits per heavy atom. The van der Waals surface area contributed by atoms with Gasteiger partial charge in [0, 0.05) is 0 Å². The molecule has 0 aromatic carbocycles. The van der Waals surface area contributed by atoms with E-state index in [0.717, 1.165) is 16.8 Å². The molecule has 0 saturated heterocycles. The zero-order valence-electron chi connectivity index (χ0n) is 7.26. The summed E-state index contributed by atoms with van der Waals surface area (Å²) in [7, 11) is 0. The fourth-order valence-electron chi connectivity index (χ4n) is 1.02. The van der Waals surface area contributed by atoms with E-state index in [0.29, 0.717) is 5.69 Å². The molecule has 0 bridgehead atoms. The minimum absolute atomic E-state index is 0.443. The van der Waals surface area contributed by atoms with E-state index in [9.17, 15) is 0 Å². The minimum atomic E-state index is 0.443. The Bertz CT molecular complexity index is 359. The Morgan fingerprint density at radius 3 is 2.75 bits per heavy atom. The van der Waals surface area contributed by atoms with E-state index in [2.05, 4.69) is 11.6 Å². The topological polar surface area (TPSA) is 36.7 Å². The fourth-order valence-corrected chi connectivity index (χ4v) is 1.02. The molecule has 2 nitrogen and oxygen atoms in total. The number of nitriles is 1. The van der Waals surface area contributed by atoms with Crippen molar-refractivity contribution in [2.45, 2.75) is 13.8 Å². The van der Waals surface area contributed by atoms with Gasteiger partial charge in [0.05, 0.1) is 5.69 Å². The average molecular weight is 158 g/mol. The van der Waals surface area contributed by atoms with Crippen LogP contribution in [-0.2, 0) is 0 Å². The lowest BCUT2D eigenvalue weighted by Gasteiger charge is -2.02. The molecular weight excluding hydrogens is 148 g/mol. The highest BCUT2D eigenvalue weighted by molar-refractivity contribution is 5.61. The van der Waals surface area contributed by atoms with Crippen LogP contribution in [0.4, 0.5) is 0 Å². The second-order valence-corrected chi connectivity index (χ2v) is 2.75.